The van der Waals surface area contributed by atoms with Crippen molar-refractivity contribution >= 4 is 45.9 Å². The van der Waals surface area contributed by atoms with E-state index in [9.17, 15) is 9.59 Å². The van der Waals surface area contributed by atoms with Crippen LogP contribution in [0.1, 0.15) is 23.9 Å². The van der Waals surface area contributed by atoms with E-state index >= 15 is 0 Å². The summed E-state index contributed by atoms with van der Waals surface area (Å²) in [5, 5.41) is 6.14. The van der Waals surface area contributed by atoms with Gasteiger partial charge in [0, 0.05) is 17.1 Å². The normalized spacial score (nSPS) is 15.3. The molecule has 4 rings (SSSR count). The third-order valence-electron chi connectivity index (χ3n) is 4.37. The monoisotopic (exact) mass is 444 g/mol. The Bertz CT molecular complexity index is 1120. The lowest BCUT2D eigenvalue weighted by atomic mass is 10.2. The van der Waals surface area contributed by atoms with Crippen LogP contribution in [0.3, 0.4) is 0 Å². The summed E-state index contributed by atoms with van der Waals surface area (Å²) in [6.45, 7) is 5.98. The fourth-order valence-corrected chi connectivity index (χ4v) is 5.64. The molecule has 1 unspecified atom stereocenters. The number of hydrogen-bond donors (Lipinski definition) is 1. The Morgan fingerprint density at radius 2 is 2.03 bits per heavy atom. The maximum absolute atomic E-state index is 13.2. The second kappa shape index (κ2) is 8.33. The number of anilines is 1. The number of nitrogens with zero attached hydrogens (tertiary/aromatic N) is 3. The zero-order valence-electron chi connectivity index (χ0n) is 16.3. The molecule has 1 amide bonds. The molecule has 0 spiro atoms. The quantitative estimate of drug-likeness (QED) is 0.472. The number of aromatic nitrogens is 3. The van der Waals surface area contributed by atoms with Gasteiger partial charge >= 0.3 is 0 Å². The van der Waals surface area contributed by atoms with Crippen molar-refractivity contribution in [2.75, 3.05) is 11.1 Å². The number of rotatable bonds is 5. The first-order valence-corrected chi connectivity index (χ1v) is 11.9. The standard InChI is InChI=1S/C20H20N4O2S3/c1-11-4-6-14(7-5-11)24-18(26)17-15(8-13(3)29-17)22-20(24)28-10-16(25)23-19-21-12(2)9-27-19/h4-7,9,13H,8,10H2,1-3H3,(H,21,23,25). The first-order valence-electron chi connectivity index (χ1n) is 9.15. The van der Waals surface area contributed by atoms with Crippen molar-refractivity contribution in [3.8, 4) is 5.69 Å². The minimum Gasteiger partial charge on any atom is -0.301 e. The van der Waals surface area contributed by atoms with Gasteiger partial charge in [-0.05, 0) is 26.0 Å². The number of carbonyl (C=O) groups is 1. The van der Waals surface area contributed by atoms with Gasteiger partial charge in [0.25, 0.3) is 5.56 Å². The predicted molar refractivity (Wildman–Crippen MR) is 120 cm³/mol. The molecular weight excluding hydrogens is 424 g/mol. The summed E-state index contributed by atoms with van der Waals surface area (Å²) in [5.41, 5.74) is 3.51. The molecule has 1 aromatic carbocycles. The number of thiazole rings is 1. The van der Waals surface area contributed by atoms with Gasteiger partial charge in [-0.25, -0.2) is 9.97 Å². The molecular formula is C20H20N4O2S3. The number of benzene rings is 1. The summed E-state index contributed by atoms with van der Waals surface area (Å²) in [7, 11) is 0. The van der Waals surface area contributed by atoms with Crippen molar-refractivity contribution in [2.45, 2.75) is 42.5 Å². The third-order valence-corrected chi connectivity index (χ3v) is 7.40. The number of aryl methyl sites for hydroxylation is 2. The fourth-order valence-electron chi connectivity index (χ4n) is 3.02. The van der Waals surface area contributed by atoms with Gasteiger partial charge in [-0.2, -0.15) is 0 Å². The average Bonchev–Trinajstić information content (AvgIpc) is 3.26. The third kappa shape index (κ3) is 4.41. The Morgan fingerprint density at radius 1 is 1.28 bits per heavy atom. The molecule has 1 aliphatic heterocycles. The highest BCUT2D eigenvalue weighted by molar-refractivity contribution is 8.00. The van der Waals surface area contributed by atoms with Gasteiger partial charge in [-0.3, -0.25) is 14.2 Å². The van der Waals surface area contributed by atoms with E-state index in [1.165, 1.54) is 23.1 Å². The van der Waals surface area contributed by atoms with Gasteiger partial charge in [0.1, 0.15) is 0 Å². The molecule has 2 aromatic heterocycles. The molecule has 150 valence electrons. The van der Waals surface area contributed by atoms with Crippen LogP contribution < -0.4 is 10.9 Å². The molecule has 1 N–H and O–H groups in total. The van der Waals surface area contributed by atoms with E-state index in [1.54, 1.807) is 16.3 Å². The number of hydrogen-bond acceptors (Lipinski definition) is 7. The lowest BCUT2D eigenvalue weighted by Gasteiger charge is -2.13. The van der Waals surface area contributed by atoms with Gasteiger partial charge in [-0.15, -0.1) is 23.1 Å². The molecule has 1 aliphatic rings. The average molecular weight is 445 g/mol. The first kappa shape index (κ1) is 20.2. The molecule has 0 bridgehead atoms. The minimum absolute atomic E-state index is 0.0633. The number of nitrogens with one attached hydrogen (secondary N) is 1. The highest BCUT2D eigenvalue weighted by Gasteiger charge is 2.27. The van der Waals surface area contributed by atoms with Crippen LogP contribution in [0.2, 0.25) is 0 Å². The summed E-state index contributed by atoms with van der Waals surface area (Å²) in [4.78, 5) is 35.3. The van der Waals surface area contributed by atoms with E-state index < -0.39 is 0 Å². The largest absolute Gasteiger partial charge is 0.301 e. The molecule has 9 heteroatoms. The fraction of sp³-hybridized carbons (Fsp3) is 0.300. The van der Waals surface area contributed by atoms with Crippen LogP contribution in [0, 0.1) is 13.8 Å². The van der Waals surface area contributed by atoms with Crippen molar-refractivity contribution in [2.24, 2.45) is 0 Å². The maximum atomic E-state index is 13.2. The number of thioether (sulfide) groups is 2. The van der Waals surface area contributed by atoms with E-state index in [0.29, 0.717) is 20.4 Å². The molecule has 3 aromatic rings. The Kier molecular flexibility index (Phi) is 5.80. The molecule has 6 nitrogen and oxygen atoms in total. The topological polar surface area (TPSA) is 76.9 Å². The van der Waals surface area contributed by atoms with Crippen LogP contribution in [-0.4, -0.2) is 31.4 Å². The smallest absolute Gasteiger partial charge is 0.272 e. The molecule has 0 saturated carbocycles. The van der Waals surface area contributed by atoms with E-state index in [4.69, 9.17) is 4.98 Å². The van der Waals surface area contributed by atoms with Crippen molar-refractivity contribution < 1.29 is 4.79 Å². The Hall–Kier alpha value is -2.10. The molecule has 0 fully saturated rings. The van der Waals surface area contributed by atoms with Crippen LogP contribution in [0.4, 0.5) is 5.13 Å². The van der Waals surface area contributed by atoms with E-state index in [1.807, 2.05) is 43.5 Å². The number of carbonyl (C=O) groups excluding carboxylic acids is 1. The number of amides is 1. The zero-order valence-corrected chi connectivity index (χ0v) is 18.7. The van der Waals surface area contributed by atoms with Crippen LogP contribution in [0.15, 0.2) is 44.5 Å². The highest BCUT2D eigenvalue weighted by Crippen LogP contribution is 2.35. The lowest BCUT2D eigenvalue weighted by molar-refractivity contribution is -0.113. The summed E-state index contributed by atoms with van der Waals surface area (Å²) < 4.78 is 1.62. The molecule has 0 saturated heterocycles. The van der Waals surface area contributed by atoms with Crippen LogP contribution in [0.25, 0.3) is 5.69 Å². The molecule has 3 heterocycles. The summed E-state index contributed by atoms with van der Waals surface area (Å²) in [5.74, 6) is -0.0180. The van der Waals surface area contributed by atoms with Gasteiger partial charge in [0.05, 0.1) is 27.7 Å². The second-order valence-electron chi connectivity index (χ2n) is 6.91. The van der Waals surface area contributed by atoms with Crippen molar-refractivity contribution in [1.29, 1.82) is 0 Å². The second-order valence-corrected chi connectivity index (χ2v) is 10.2. The van der Waals surface area contributed by atoms with Crippen molar-refractivity contribution in [3.63, 3.8) is 0 Å². The molecule has 0 aliphatic carbocycles. The first-order chi connectivity index (χ1) is 13.9. The van der Waals surface area contributed by atoms with Crippen LogP contribution in [-0.2, 0) is 11.2 Å². The van der Waals surface area contributed by atoms with Gasteiger partial charge in [0.15, 0.2) is 10.3 Å². The van der Waals surface area contributed by atoms with E-state index in [-0.39, 0.29) is 17.2 Å². The minimum atomic E-state index is -0.169. The Labute approximate surface area is 181 Å². The van der Waals surface area contributed by atoms with Gasteiger partial charge in [-0.1, -0.05) is 36.4 Å². The Balaban J connectivity index is 1.64. The van der Waals surface area contributed by atoms with E-state index in [0.717, 1.165) is 29.1 Å². The zero-order chi connectivity index (χ0) is 20.5. The van der Waals surface area contributed by atoms with Crippen molar-refractivity contribution in [3.05, 3.63) is 57.0 Å². The summed E-state index contributed by atoms with van der Waals surface area (Å²) in [6, 6.07) is 7.76. The van der Waals surface area contributed by atoms with Gasteiger partial charge < -0.3 is 5.32 Å². The molecule has 0 radical (unpaired) electrons. The SMILES string of the molecule is Cc1ccc(-n2c(SCC(=O)Nc3nc(C)cs3)nc3c(c2=O)SC(C)C3)cc1. The van der Waals surface area contributed by atoms with Crippen LogP contribution in [0.5, 0.6) is 0 Å². The maximum Gasteiger partial charge on any atom is 0.272 e. The van der Waals surface area contributed by atoms with Crippen molar-refractivity contribution in [1.82, 2.24) is 14.5 Å². The summed E-state index contributed by atoms with van der Waals surface area (Å²) >= 11 is 4.24. The van der Waals surface area contributed by atoms with E-state index in [2.05, 4.69) is 17.2 Å². The van der Waals surface area contributed by atoms with Crippen LogP contribution >= 0.6 is 34.9 Å². The summed E-state index contributed by atoms with van der Waals surface area (Å²) in [6.07, 6.45) is 0.766. The molecule has 29 heavy (non-hydrogen) atoms. The Morgan fingerprint density at radius 3 is 2.72 bits per heavy atom. The van der Waals surface area contributed by atoms with Gasteiger partial charge in [0.2, 0.25) is 5.91 Å². The highest BCUT2D eigenvalue weighted by atomic mass is 32.2. The predicted octanol–water partition coefficient (Wildman–Crippen LogP) is 4.07. The molecule has 1 atom stereocenters. The lowest BCUT2D eigenvalue weighted by Crippen LogP contribution is -2.24. The number of fused-ring (bicyclic) bond motifs is 1.